The van der Waals surface area contributed by atoms with Gasteiger partial charge in [0, 0.05) is 17.2 Å². The number of carboxylic acids is 1. The summed E-state index contributed by atoms with van der Waals surface area (Å²) < 4.78 is 40.9. The van der Waals surface area contributed by atoms with E-state index in [1.54, 1.807) is 0 Å². The summed E-state index contributed by atoms with van der Waals surface area (Å²) in [5.41, 5.74) is 0.0281. The number of halogens is 1. The minimum absolute atomic E-state index is 0.0120. The largest absolute Gasteiger partial charge is 0.492 e. The van der Waals surface area contributed by atoms with E-state index in [-0.39, 0.29) is 45.7 Å². The van der Waals surface area contributed by atoms with Crippen molar-refractivity contribution < 1.29 is 27.9 Å². The van der Waals surface area contributed by atoms with Crippen molar-refractivity contribution in [2.75, 3.05) is 24.7 Å². The number of benzene rings is 1. The van der Waals surface area contributed by atoms with Gasteiger partial charge in [-0.2, -0.15) is 0 Å². The molecule has 0 aliphatic heterocycles. The van der Waals surface area contributed by atoms with Gasteiger partial charge in [0.2, 0.25) is 0 Å². The number of carbonyl (C=O) groups is 2. The Labute approximate surface area is 180 Å². The molecule has 0 fully saturated rings. The predicted octanol–water partition coefficient (Wildman–Crippen LogP) is 2.87. The minimum Gasteiger partial charge on any atom is -0.492 e. The van der Waals surface area contributed by atoms with Crippen LogP contribution in [-0.2, 0) is 0 Å². The molecule has 0 aliphatic carbocycles. The number of anilines is 4. The SMILES string of the molecule is [2H]C([2H])([2H])NC(=O)c1nnc(Nc2ccc(C(=O)O)c(C)n2)cc1Nc1cccc(F)c1OC. The van der Waals surface area contributed by atoms with Gasteiger partial charge in [-0.15, -0.1) is 10.2 Å². The number of pyridine rings is 1. The lowest BCUT2D eigenvalue weighted by Crippen LogP contribution is -2.21. The van der Waals surface area contributed by atoms with Gasteiger partial charge in [0.05, 0.1) is 29.7 Å². The molecule has 2 heterocycles. The summed E-state index contributed by atoms with van der Waals surface area (Å²) in [6.45, 7) is -1.26. The molecule has 31 heavy (non-hydrogen) atoms. The molecule has 0 spiro atoms. The van der Waals surface area contributed by atoms with Gasteiger partial charge < -0.3 is 25.8 Å². The molecule has 2 aromatic heterocycles. The lowest BCUT2D eigenvalue weighted by atomic mass is 10.2. The van der Waals surface area contributed by atoms with Crippen molar-refractivity contribution in [3.63, 3.8) is 0 Å². The van der Waals surface area contributed by atoms with E-state index in [1.807, 2.05) is 5.32 Å². The Hall–Kier alpha value is -4.28. The molecule has 0 atom stereocenters. The number of aromatic nitrogens is 3. The molecule has 4 N–H and O–H groups in total. The van der Waals surface area contributed by atoms with Gasteiger partial charge in [0.15, 0.2) is 23.1 Å². The number of hydrogen-bond acceptors (Lipinski definition) is 8. The maximum Gasteiger partial charge on any atom is 0.337 e. The summed E-state index contributed by atoms with van der Waals surface area (Å²) in [6, 6.07) is 8.17. The van der Waals surface area contributed by atoms with Crippen LogP contribution in [0.25, 0.3) is 0 Å². The first-order valence-electron chi connectivity index (χ1n) is 10.3. The third kappa shape index (κ3) is 4.66. The summed E-state index contributed by atoms with van der Waals surface area (Å²) in [7, 11) is 1.26. The Morgan fingerprint density at radius 2 is 1.94 bits per heavy atom. The molecular formula is C20H19FN6O4. The second-order valence-corrected chi connectivity index (χ2v) is 6.15. The van der Waals surface area contributed by atoms with Crippen molar-refractivity contribution in [1.29, 1.82) is 0 Å². The zero-order valence-corrected chi connectivity index (χ0v) is 16.4. The molecule has 1 amide bonds. The first kappa shape index (κ1) is 17.6. The van der Waals surface area contributed by atoms with E-state index in [0.29, 0.717) is 0 Å². The molecule has 0 saturated carbocycles. The molecule has 3 rings (SSSR count). The molecule has 10 nitrogen and oxygen atoms in total. The maximum atomic E-state index is 14.1. The van der Waals surface area contributed by atoms with Crippen LogP contribution in [0.3, 0.4) is 0 Å². The highest BCUT2D eigenvalue weighted by atomic mass is 19.1. The van der Waals surface area contributed by atoms with Crippen LogP contribution < -0.4 is 20.7 Å². The van der Waals surface area contributed by atoms with Crippen molar-refractivity contribution in [2.24, 2.45) is 0 Å². The number of carboxylic acid groups (broad SMARTS) is 1. The Balaban J connectivity index is 2.01. The van der Waals surface area contributed by atoms with Gasteiger partial charge in [0.25, 0.3) is 5.91 Å². The van der Waals surface area contributed by atoms with E-state index in [9.17, 15) is 14.0 Å². The second kappa shape index (κ2) is 9.03. The molecule has 11 heteroatoms. The second-order valence-electron chi connectivity index (χ2n) is 6.15. The zero-order valence-electron chi connectivity index (χ0n) is 19.4. The van der Waals surface area contributed by atoms with Crippen molar-refractivity contribution in [3.05, 3.63) is 59.2 Å². The van der Waals surface area contributed by atoms with Crippen LogP contribution in [0.4, 0.5) is 27.4 Å². The number of carbonyl (C=O) groups excluding carboxylic acids is 1. The highest BCUT2D eigenvalue weighted by molar-refractivity contribution is 5.98. The van der Waals surface area contributed by atoms with E-state index in [0.717, 1.165) is 0 Å². The fourth-order valence-electron chi connectivity index (χ4n) is 2.72. The van der Waals surface area contributed by atoms with Crippen molar-refractivity contribution in [2.45, 2.75) is 6.92 Å². The van der Waals surface area contributed by atoms with Gasteiger partial charge in [-0.25, -0.2) is 14.2 Å². The molecule has 1 aromatic carbocycles. The van der Waals surface area contributed by atoms with Gasteiger partial charge in [0.1, 0.15) is 5.82 Å². The van der Waals surface area contributed by atoms with Crippen LogP contribution in [0.1, 0.15) is 30.7 Å². The topological polar surface area (TPSA) is 138 Å². The first-order valence-corrected chi connectivity index (χ1v) is 8.76. The highest BCUT2D eigenvalue weighted by Crippen LogP contribution is 2.32. The molecule has 0 bridgehead atoms. The van der Waals surface area contributed by atoms with Crippen LogP contribution in [0.5, 0.6) is 5.75 Å². The molecule has 160 valence electrons. The van der Waals surface area contributed by atoms with Crippen LogP contribution in [0.15, 0.2) is 36.4 Å². The minimum atomic E-state index is -2.78. The number of aromatic carboxylic acids is 1. The Bertz CT molecular complexity index is 1260. The maximum absolute atomic E-state index is 14.1. The van der Waals surface area contributed by atoms with Crippen molar-refractivity contribution in [3.8, 4) is 5.75 Å². The number of hydrogen-bond donors (Lipinski definition) is 4. The predicted molar refractivity (Wildman–Crippen MR) is 111 cm³/mol. The van der Waals surface area contributed by atoms with Gasteiger partial charge in [-0.1, -0.05) is 6.07 Å². The summed E-state index contributed by atoms with van der Waals surface area (Å²) in [5, 5.41) is 24.3. The number of para-hydroxylation sites is 1. The Kier molecular flexibility index (Phi) is 5.12. The number of rotatable bonds is 7. The number of amides is 1. The Morgan fingerprint density at radius 3 is 2.61 bits per heavy atom. The van der Waals surface area contributed by atoms with E-state index >= 15 is 0 Å². The number of nitrogens with one attached hydrogen (secondary N) is 3. The average molecular weight is 429 g/mol. The number of aryl methyl sites for hydroxylation is 1. The molecule has 3 aromatic rings. The number of ether oxygens (including phenoxy) is 1. The average Bonchev–Trinajstić information content (AvgIpc) is 2.72. The van der Waals surface area contributed by atoms with Crippen molar-refractivity contribution >= 4 is 34.9 Å². The Morgan fingerprint density at radius 1 is 1.13 bits per heavy atom. The van der Waals surface area contributed by atoms with E-state index < -0.39 is 24.7 Å². The number of nitrogens with zero attached hydrogens (tertiary/aromatic N) is 3. The fourth-order valence-corrected chi connectivity index (χ4v) is 2.72. The summed E-state index contributed by atoms with van der Waals surface area (Å²) in [5.74, 6) is -2.66. The van der Waals surface area contributed by atoms with E-state index in [4.69, 9.17) is 14.0 Å². The number of methoxy groups -OCH3 is 1. The molecule has 0 radical (unpaired) electrons. The van der Waals surface area contributed by atoms with Crippen molar-refractivity contribution in [1.82, 2.24) is 20.5 Å². The van der Waals surface area contributed by atoms with Gasteiger partial charge >= 0.3 is 5.97 Å². The lowest BCUT2D eigenvalue weighted by molar-refractivity contribution is 0.0695. The van der Waals surface area contributed by atoms with Crippen LogP contribution in [0, 0.1) is 12.7 Å². The molecule has 0 unspecified atom stereocenters. The van der Waals surface area contributed by atoms with Gasteiger partial charge in [-0.3, -0.25) is 4.79 Å². The summed E-state index contributed by atoms with van der Waals surface area (Å²) in [6.07, 6.45) is 0. The molecule has 0 saturated heterocycles. The first-order chi connectivity index (χ1) is 16.0. The normalized spacial score (nSPS) is 12.2. The van der Waals surface area contributed by atoms with Crippen LogP contribution in [0.2, 0.25) is 0 Å². The third-order valence-electron chi connectivity index (χ3n) is 4.14. The monoisotopic (exact) mass is 429 g/mol. The molecule has 0 aliphatic rings. The third-order valence-corrected chi connectivity index (χ3v) is 4.14. The highest BCUT2D eigenvalue weighted by Gasteiger charge is 2.18. The quantitative estimate of drug-likeness (QED) is 0.446. The van der Waals surface area contributed by atoms with E-state index in [1.165, 1.54) is 50.4 Å². The smallest absolute Gasteiger partial charge is 0.337 e. The summed E-state index contributed by atoms with van der Waals surface area (Å²) >= 11 is 0. The standard InChI is InChI=1S/C20H19FN6O4/c1-10-11(20(29)30)7-8-15(23-10)25-16-9-14(17(27-26-16)19(28)22-2)24-13-6-4-5-12(21)18(13)31-3/h4-9H,1-3H3,(H,22,28)(H,29,30)(H2,23,24,25,26)/i2D3. The van der Waals surface area contributed by atoms with Crippen LogP contribution >= 0.6 is 0 Å². The van der Waals surface area contributed by atoms with E-state index in [2.05, 4.69) is 25.8 Å². The van der Waals surface area contributed by atoms with Crippen LogP contribution in [-0.4, -0.2) is 46.2 Å². The van der Waals surface area contributed by atoms with Gasteiger partial charge in [-0.05, 0) is 31.2 Å². The zero-order chi connectivity index (χ0) is 25.0. The lowest BCUT2D eigenvalue weighted by Gasteiger charge is -2.15. The molecular weight excluding hydrogens is 407 g/mol. The fraction of sp³-hybridized carbons (Fsp3) is 0.150. The summed E-state index contributed by atoms with van der Waals surface area (Å²) in [4.78, 5) is 27.8.